The number of rotatable bonds is 1. The lowest BCUT2D eigenvalue weighted by Gasteiger charge is -2.38. The number of methoxy groups -OCH3 is 1. The van der Waals surface area contributed by atoms with Crippen LogP contribution >= 0.6 is 0 Å². The van der Waals surface area contributed by atoms with E-state index in [4.69, 9.17) is 4.74 Å². The molecule has 0 spiro atoms. The summed E-state index contributed by atoms with van der Waals surface area (Å²) in [6.45, 7) is 5.72. The predicted molar refractivity (Wildman–Crippen MR) is 71.6 cm³/mol. The van der Waals surface area contributed by atoms with Crippen LogP contribution in [0.3, 0.4) is 0 Å². The molecule has 0 aromatic rings. The van der Waals surface area contributed by atoms with Gasteiger partial charge in [-0.25, -0.2) is 4.79 Å². The zero-order valence-corrected chi connectivity index (χ0v) is 11.7. The molecule has 4 nitrogen and oxygen atoms in total. The van der Waals surface area contributed by atoms with Gasteiger partial charge in [-0.1, -0.05) is 19.8 Å². The van der Waals surface area contributed by atoms with Gasteiger partial charge in [-0.15, -0.1) is 0 Å². The van der Waals surface area contributed by atoms with Crippen molar-refractivity contribution in [2.24, 2.45) is 5.92 Å². The van der Waals surface area contributed by atoms with E-state index in [0.717, 1.165) is 45.4 Å². The Morgan fingerprint density at radius 3 is 2.33 bits per heavy atom. The molecule has 2 aliphatic heterocycles. The number of hydrogen-bond acceptors (Lipinski definition) is 2. The quantitative estimate of drug-likeness (QED) is 0.719. The van der Waals surface area contributed by atoms with Crippen molar-refractivity contribution in [2.75, 3.05) is 33.3 Å². The number of ether oxygens (including phenoxy) is 1. The first-order chi connectivity index (χ1) is 8.72. The van der Waals surface area contributed by atoms with Crippen molar-refractivity contribution >= 4 is 6.03 Å². The molecule has 0 bridgehead atoms. The first kappa shape index (κ1) is 13.7. The van der Waals surface area contributed by atoms with Crippen LogP contribution in [0.4, 0.5) is 4.79 Å². The first-order valence-electron chi connectivity index (χ1n) is 7.29. The highest BCUT2D eigenvalue weighted by Gasteiger charge is 2.31. The van der Waals surface area contributed by atoms with Crippen molar-refractivity contribution in [2.45, 2.75) is 45.1 Å². The zero-order valence-electron chi connectivity index (χ0n) is 11.7. The summed E-state index contributed by atoms with van der Waals surface area (Å²) in [5, 5.41) is 0. The monoisotopic (exact) mass is 254 g/mol. The fourth-order valence-electron chi connectivity index (χ4n) is 2.98. The highest BCUT2D eigenvalue weighted by molar-refractivity contribution is 5.74. The third kappa shape index (κ3) is 3.16. The standard InChI is InChI=1S/C14H26N2O2/c1-12-7-10-16(11-13(12)18-2)14(17)15-8-5-3-4-6-9-15/h12-13H,3-11H2,1-2H3. The van der Waals surface area contributed by atoms with Gasteiger partial charge < -0.3 is 14.5 Å². The molecular formula is C14H26N2O2. The maximum Gasteiger partial charge on any atom is 0.320 e. The summed E-state index contributed by atoms with van der Waals surface area (Å²) in [5.74, 6) is 0.559. The Morgan fingerprint density at radius 1 is 1.06 bits per heavy atom. The van der Waals surface area contributed by atoms with Crippen LogP contribution in [0.1, 0.15) is 39.0 Å². The van der Waals surface area contributed by atoms with Crippen molar-refractivity contribution in [3.63, 3.8) is 0 Å². The van der Waals surface area contributed by atoms with Gasteiger partial charge >= 0.3 is 6.03 Å². The average Bonchev–Trinajstić information content (AvgIpc) is 2.67. The molecule has 0 aromatic carbocycles. The molecule has 18 heavy (non-hydrogen) atoms. The molecule has 2 atom stereocenters. The van der Waals surface area contributed by atoms with Crippen LogP contribution in [0.5, 0.6) is 0 Å². The van der Waals surface area contributed by atoms with Crippen LogP contribution in [0.15, 0.2) is 0 Å². The van der Waals surface area contributed by atoms with E-state index in [9.17, 15) is 4.79 Å². The maximum atomic E-state index is 12.5. The Balaban J connectivity index is 1.91. The summed E-state index contributed by atoms with van der Waals surface area (Å²) in [7, 11) is 1.75. The summed E-state index contributed by atoms with van der Waals surface area (Å²) >= 11 is 0. The number of nitrogens with zero attached hydrogens (tertiary/aromatic N) is 2. The van der Waals surface area contributed by atoms with Gasteiger partial charge in [0, 0.05) is 33.3 Å². The lowest BCUT2D eigenvalue weighted by atomic mass is 9.96. The molecule has 4 heteroatoms. The van der Waals surface area contributed by atoms with Crippen LogP contribution in [0.2, 0.25) is 0 Å². The Labute approximate surface area is 110 Å². The van der Waals surface area contributed by atoms with Gasteiger partial charge in [0.05, 0.1) is 6.10 Å². The summed E-state index contributed by atoms with van der Waals surface area (Å²) < 4.78 is 5.48. The lowest BCUT2D eigenvalue weighted by Crippen LogP contribution is -2.51. The third-order valence-corrected chi connectivity index (χ3v) is 4.34. The molecule has 2 rings (SSSR count). The number of amides is 2. The second-order valence-electron chi connectivity index (χ2n) is 5.67. The molecule has 2 fully saturated rings. The number of urea groups is 1. The SMILES string of the molecule is COC1CN(C(=O)N2CCCCCC2)CCC1C. The van der Waals surface area contributed by atoms with E-state index in [1.807, 2.05) is 9.80 Å². The van der Waals surface area contributed by atoms with E-state index >= 15 is 0 Å². The highest BCUT2D eigenvalue weighted by Crippen LogP contribution is 2.21. The molecule has 0 aromatic heterocycles. The molecule has 0 N–H and O–H groups in total. The summed E-state index contributed by atoms with van der Waals surface area (Å²) in [6.07, 6.45) is 6.10. The largest absolute Gasteiger partial charge is 0.379 e. The number of carbonyl (C=O) groups is 1. The minimum atomic E-state index is 0.203. The van der Waals surface area contributed by atoms with E-state index < -0.39 is 0 Å². The minimum absolute atomic E-state index is 0.203. The van der Waals surface area contributed by atoms with Crippen molar-refractivity contribution in [1.29, 1.82) is 0 Å². The van der Waals surface area contributed by atoms with Gasteiger partial charge in [0.1, 0.15) is 0 Å². The molecule has 0 saturated carbocycles. The molecule has 2 unspecified atom stereocenters. The van der Waals surface area contributed by atoms with Crippen LogP contribution in [-0.4, -0.2) is 55.2 Å². The van der Waals surface area contributed by atoms with Crippen molar-refractivity contribution in [1.82, 2.24) is 9.80 Å². The number of piperidine rings is 1. The molecule has 0 radical (unpaired) electrons. The Morgan fingerprint density at radius 2 is 1.72 bits per heavy atom. The molecule has 2 saturated heterocycles. The Hall–Kier alpha value is -0.770. The number of carbonyl (C=O) groups excluding carboxylic acids is 1. The van der Waals surface area contributed by atoms with Crippen LogP contribution in [-0.2, 0) is 4.74 Å². The minimum Gasteiger partial charge on any atom is -0.379 e. The Bertz CT molecular complexity index is 275. The van der Waals surface area contributed by atoms with E-state index in [-0.39, 0.29) is 12.1 Å². The Kier molecular flexibility index (Phi) is 4.87. The fourth-order valence-corrected chi connectivity index (χ4v) is 2.98. The van der Waals surface area contributed by atoms with Crippen LogP contribution in [0.25, 0.3) is 0 Å². The van der Waals surface area contributed by atoms with Gasteiger partial charge in [0.15, 0.2) is 0 Å². The van der Waals surface area contributed by atoms with Gasteiger partial charge in [-0.05, 0) is 25.2 Å². The van der Waals surface area contributed by atoms with Crippen molar-refractivity contribution < 1.29 is 9.53 Å². The van der Waals surface area contributed by atoms with Crippen LogP contribution in [0, 0.1) is 5.92 Å². The normalized spacial score (nSPS) is 30.1. The smallest absolute Gasteiger partial charge is 0.320 e. The molecular weight excluding hydrogens is 228 g/mol. The molecule has 0 aliphatic carbocycles. The second-order valence-corrected chi connectivity index (χ2v) is 5.67. The number of hydrogen-bond donors (Lipinski definition) is 0. The van der Waals surface area contributed by atoms with E-state index in [1.54, 1.807) is 7.11 Å². The summed E-state index contributed by atoms with van der Waals surface area (Å²) in [5.41, 5.74) is 0. The van der Waals surface area contributed by atoms with Crippen LogP contribution < -0.4 is 0 Å². The van der Waals surface area contributed by atoms with Gasteiger partial charge in [0.2, 0.25) is 0 Å². The topological polar surface area (TPSA) is 32.8 Å². The summed E-state index contributed by atoms with van der Waals surface area (Å²) in [4.78, 5) is 16.5. The lowest BCUT2D eigenvalue weighted by molar-refractivity contribution is 0.00227. The van der Waals surface area contributed by atoms with Gasteiger partial charge in [0.25, 0.3) is 0 Å². The number of likely N-dealkylation sites (tertiary alicyclic amines) is 2. The maximum absolute atomic E-state index is 12.5. The molecule has 104 valence electrons. The van der Waals surface area contributed by atoms with E-state index in [1.165, 1.54) is 12.8 Å². The molecule has 2 heterocycles. The highest BCUT2D eigenvalue weighted by atomic mass is 16.5. The van der Waals surface area contributed by atoms with Crippen molar-refractivity contribution in [3.05, 3.63) is 0 Å². The molecule has 2 amide bonds. The van der Waals surface area contributed by atoms with Gasteiger partial charge in [-0.3, -0.25) is 0 Å². The van der Waals surface area contributed by atoms with E-state index in [0.29, 0.717) is 5.92 Å². The fraction of sp³-hybridized carbons (Fsp3) is 0.929. The second kappa shape index (κ2) is 6.41. The average molecular weight is 254 g/mol. The van der Waals surface area contributed by atoms with E-state index in [2.05, 4.69) is 6.92 Å². The zero-order chi connectivity index (χ0) is 13.0. The first-order valence-corrected chi connectivity index (χ1v) is 7.29. The van der Waals surface area contributed by atoms with Crippen molar-refractivity contribution in [3.8, 4) is 0 Å². The summed E-state index contributed by atoms with van der Waals surface area (Å²) in [6, 6.07) is 0.228. The molecule has 2 aliphatic rings. The third-order valence-electron chi connectivity index (χ3n) is 4.34. The van der Waals surface area contributed by atoms with Gasteiger partial charge in [-0.2, -0.15) is 0 Å². The predicted octanol–water partition coefficient (Wildman–Crippen LogP) is 2.34.